The predicted molar refractivity (Wildman–Crippen MR) is 47.9 cm³/mol. The Balaban J connectivity index is 2.25. The first-order valence-corrected chi connectivity index (χ1v) is 4.47. The molecule has 1 aromatic rings. The Morgan fingerprint density at radius 2 is 2.38 bits per heavy atom. The number of benzene rings is 1. The maximum absolute atomic E-state index is 13.0. The first-order valence-electron chi connectivity index (χ1n) is 4.09. The van der Waals surface area contributed by atoms with Gasteiger partial charge >= 0.3 is 0 Å². The highest BCUT2D eigenvalue weighted by Gasteiger charge is 2.17. The van der Waals surface area contributed by atoms with E-state index < -0.39 is 0 Å². The Kier molecular flexibility index (Phi) is 2.49. The number of rotatable bonds is 1. The highest BCUT2D eigenvalue weighted by atomic mass is 35.5. The fourth-order valence-corrected chi connectivity index (χ4v) is 1.48. The molecule has 0 aromatic heterocycles. The van der Waals surface area contributed by atoms with Crippen LogP contribution in [0.2, 0.25) is 5.02 Å². The molecule has 4 heteroatoms. The van der Waals surface area contributed by atoms with Crippen molar-refractivity contribution >= 4 is 11.6 Å². The highest BCUT2D eigenvalue weighted by Crippen LogP contribution is 2.24. The summed E-state index contributed by atoms with van der Waals surface area (Å²) in [6.07, 6.45) is 0.862. The van der Waals surface area contributed by atoms with Crippen LogP contribution in [0.25, 0.3) is 0 Å². The van der Waals surface area contributed by atoms with Gasteiger partial charge < -0.3 is 4.84 Å². The molecule has 0 amide bonds. The summed E-state index contributed by atoms with van der Waals surface area (Å²) in [4.78, 5) is 4.98. The Bertz CT molecular complexity index is 312. The van der Waals surface area contributed by atoms with Crippen LogP contribution >= 0.6 is 11.6 Å². The van der Waals surface area contributed by atoms with Gasteiger partial charge in [-0.2, -0.15) is 5.48 Å². The van der Waals surface area contributed by atoms with Gasteiger partial charge in [0.1, 0.15) is 5.82 Å². The largest absolute Gasteiger partial charge is 0.301 e. The van der Waals surface area contributed by atoms with Crippen LogP contribution in [0, 0.1) is 5.82 Å². The van der Waals surface area contributed by atoms with E-state index in [0.717, 1.165) is 12.0 Å². The first-order chi connectivity index (χ1) is 6.27. The molecule has 0 saturated carbocycles. The molecule has 1 fully saturated rings. The van der Waals surface area contributed by atoms with Gasteiger partial charge in [-0.05, 0) is 24.1 Å². The molecule has 1 saturated heterocycles. The van der Waals surface area contributed by atoms with Crippen molar-refractivity contribution in [2.24, 2.45) is 0 Å². The van der Waals surface area contributed by atoms with Crippen molar-refractivity contribution in [2.45, 2.75) is 12.5 Å². The zero-order chi connectivity index (χ0) is 9.26. The van der Waals surface area contributed by atoms with Crippen LogP contribution in [-0.4, -0.2) is 6.61 Å². The minimum Gasteiger partial charge on any atom is -0.301 e. The van der Waals surface area contributed by atoms with Crippen LogP contribution in [0.15, 0.2) is 18.2 Å². The summed E-state index contributed by atoms with van der Waals surface area (Å²) in [5.41, 5.74) is 3.68. The van der Waals surface area contributed by atoms with Crippen molar-refractivity contribution in [1.29, 1.82) is 0 Å². The van der Waals surface area contributed by atoms with Crippen molar-refractivity contribution in [3.63, 3.8) is 0 Å². The standard InChI is InChI=1S/C9H9ClFNO/c10-7-2-1-6(5-8(7)11)9-3-4-13-12-9/h1-2,5,9,12H,3-4H2/t9-/m0/s1. The first kappa shape index (κ1) is 8.94. The molecule has 1 aromatic carbocycles. The molecule has 1 heterocycles. The monoisotopic (exact) mass is 201 g/mol. The van der Waals surface area contributed by atoms with Gasteiger partial charge in [-0.1, -0.05) is 17.7 Å². The van der Waals surface area contributed by atoms with E-state index in [0.29, 0.717) is 6.61 Å². The van der Waals surface area contributed by atoms with Gasteiger partial charge in [-0.3, -0.25) is 0 Å². The third-order valence-corrected chi connectivity index (χ3v) is 2.39. The zero-order valence-electron chi connectivity index (χ0n) is 6.89. The third kappa shape index (κ3) is 1.82. The lowest BCUT2D eigenvalue weighted by Crippen LogP contribution is -2.11. The number of hydrogen-bond donors (Lipinski definition) is 1. The number of hydroxylamine groups is 1. The molecule has 1 atom stereocenters. The SMILES string of the molecule is Fc1cc([C@@H]2CCON2)ccc1Cl. The average Bonchev–Trinajstić information content (AvgIpc) is 2.62. The molecule has 13 heavy (non-hydrogen) atoms. The molecule has 2 nitrogen and oxygen atoms in total. The van der Waals surface area contributed by atoms with E-state index in [1.165, 1.54) is 6.07 Å². The van der Waals surface area contributed by atoms with Crippen LogP contribution < -0.4 is 5.48 Å². The fourth-order valence-electron chi connectivity index (χ4n) is 1.36. The zero-order valence-corrected chi connectivity index (χ0v) is 7.64. The minimum absolute atomic E-state index is 0.0896. The summed E-state index contributed by atoms with van der Waals surface area (Å²) in [6.45, 7) is 0.662. The summed E-state index contributed by atoms with van der Waals surface area (Å²) in [6, 6.07) is 4.89. The highest BCUT2D eigenvalue weighted by molar-refractivity contribution is 6.30. The molecule has 2 rings (SSSR count). The summed E-state index contributed by atoms with van der Waals surface area (Å²) in [5, 5.41) is 0.155. The van der Waals surface area contributed by atoms with Crippen molar-refractivity contribution in [3.05, 3.63) is 34.6 Å². The summed E-state index contributed by atoms with van der Waals surface area (Å²) in [7, 11) is 0. The summed E-state index contributed by atoms with van der Waals surface area (Å²) in [5.74, 6) is -0.382. The van der Waals surface area contributed by atoms with Crippen molar-refractivity contribution in [2.75, 3.05) is 6.61 Å². The van der Waals surface area contributed by atoms with E-state index in [2.05, 4.69) is 5.48 Å². The smallest absolute Gasteiger partial charge is 0.142 e. The van der Waals surface area contributed by atoms with E-state index in [9.17, 15) is 4.39 Å². The molecule has 70 valence electrons. The van der Waals surface area contributed by atoms with Crippen molar-refractivity contribution in [1.82, 2.24) is 5.48 Å². The van der Waals surface area contributed by atoms with E-state index in [-0.39, 0.29) is 16.9 Å². The van der Waals surface area contributed by atoms with E-state index in [4.69, 9.17) is 16.4 Å². The van der Waals surface area contributed by atoms with Crippen LogP contribution in [-0.2, 0) is 4.84 Å². The summed E-state index contributed by atoms with van der Waals surface area (Å²) >= 11 is 5.56. The van der Waals surface area contributed by atoms with Crippen molar-refractivity contribution < 1.29 is 9.23 Å². The lowest BCUT2D eigenvalue weighted by Gasteiger charge is -2.08. The van der Waals surface area contributed by atoms with Crippen molar-refractivity contribution in [3.8, 4) is 0 Å². The van der Waals surface area contributed by atoms with E-state index in [1.807, 2.05) is 0 Å². The average molecular weight is 202 g/mol. The molecular weight excluding hydrogens is 193 g/mol. The van der Waals surface area contributed by atoms with Gasteiger partial charge in [0.25, 0.3) is 0 Å². The second-order valence-electron chi connectivity index (χ2n) is 2.98. The van der Waals surface area contributed by atoms with Gasteiger partial charge in [0, 0.05) is 0 Å². The maximum Gasteiger partial charge on any atom is 0.142 e. The third-order valence-electron chi connectivity index (χ3n) is 2.08. The second-order valence-corrected chi connectivity index (χ2v) is 3.39. The van der Waals surface area contributed by atoms with Crippen LogP contribution in [0.1, 0.15) is 18.0 Å². The molecule has 0 aliphatic carbocycles. The quantitative estimate of drug-likeness (QED) is 0.754. The molecule has 0 bridgehead atoms. The number of nitrogens with one attached hydrogen (secondary N) is 1. The second kappa shape index (κ2) is 3.62. The van der Waals surface area contributed by atoms with Crippen LogP contribution in [0.4, 0.5) is 4.39 Å². The number of halogens is 2. The fraction of sp³-hybridized carbons (Fsp3) is 0.333. The lowest BCUT2D eigenvalue weighted by atomic mass is 10.1. The Morgan fingerprint density at radius 3 is 3.00 bits per heavy atom. The Morgan fingerprint density at radius 1 is 1.54 bits per heavy atom. The molecule has 0 radical (unpaired) electrons. The van der Waals surface area contributed by atoms with Gasteiger partial charge in [-0.25, -0.2) is 4.39 Å². The van der Waals surface area contributed by atoms with Gasteiger partial charge in [0.05, 0.1) is 17.7 Å². The van der Waals surface area contributed by atoms with Crippen LogP contribution in [0.3, 0.4) is 0 Å². The molecular formula is C9H9ClFNO. The molecule has 1 aliphatic rings. The minimum atomic E-state index is -0.382. The lowest BCUT2D eigenvalue weighted by molar-refractivity contribution is 0.0882. The molecule has 0 unspecified atom stereocenters. The van der Waals surface area contributed by atoms with E-state index >= 15 is 0 Å². The molecule has 1 N–H and O–H groups in total. The summed E-state index contributed by atoms with van der Waals surface area (Å²) < 4.78 is 13.0. The van der Waals surface area contributed by atoms with Gasteiger partial charge in [-0.15, -0.1) is 0 Å². The molecule has 1 aliphatic heterocycles. The normalized spacial score (nSPS) is 22.2. The predicted octanol–water partition coefficient (Wildman–Crippen LogP) is 2.45. The van der Waals surface area contributed by atoms with Crippen LogP contribution in [0.5, 0.6) is 0 Å². The Hall–Kier alpha value is -0.640. The molecule has 0 spiro atoms. The Labute approximate surface area is 80.6 Å². The van der Waals surface area contributed by atoms with Gasteiger partial charge in [0.15, 0.2) is 0 Å². The number of hydrogen-bond acceptors (Lipinski definition) is 2. The topological polar surface area (TPSA) is 21.3 Å². The van der Waals surface area contributed by atoms with E-state index in [1.54, 1.807) is 12.1 Å². The van der Waals surface area contributed by atoms with Gasteiger partial charge in [0.2, 0.25) is 0 Å². The maximum atomic E-state index is 13.0.